The molecule has 0 unspecified atom stereocenters. The fourth-order valence-corrected chi connectivity index (χ4v) is 5.00. The van der Waals surface area contributed by atoms with E-state index in [-0.39, 0.29) is 24.0 Å². The van der Waals surface area contributed by atoms with E-state index >= 15 is 0 Å². The normalized spacial score (nSPS) is 33.1. The van der Waals surface area contributed by atoms with E-state index in [1.807, 2.05) is 11.8 Å². The average Bonchev–Trinajstić information content (AvgIpc) is 2.63. The first kappa shape index (κ1) is 18.2. The van der Waals surface area contributed by atoms with Gasteiger partial charge < -0.3 is 14.7 Å². The molecule has 0 radical (unpaired) electrons. The van der Waals surface area contributed by atoms with E-state index in [4.69, 9.17) is 4.74 Å². The molecule has 3 aliphatic rings. The van der Waals surface area contributed by atoms with Crippen LogP contribution in [-0.2, 0) is 9.53 Å². The van der Waals surface area contributed by atoms with Crippen molar-refractivity contribution in [3.8, 4) is 0 Å². The molecule has 2 saturated heterocycles. The molecule has 1 saturated carbocycles. The molecule has 3 fully saturated rings. The van der Waals surface area contributed by atoms with Crippen molar-refractivity contribution in [3.63, 3.8) is 0 Å². The lowest BCUT2D eigenvalue weighted by Crippen LogP contribution is -2.61. The minimum absolute atomic E-state index is 0.0814. The van der Waals surface area contributed by atoms with Gasteiger partial charge in [0.05, 0.1) is 6.10 Å². The highest BCUT2D eigenvalue weighted by atomic mass is 16.5. The predicted molar refractivity (Wildman–Crippen MR) is 93.8 cm³/mol. The van der Waals surface area contributed by atoms with Crippen LogP contribution in [0.1, 0.15) is 58.3 Å². The Labute approximate surface area is 146 Å². The summed E-state index contributed by atoms with van der Waals surface area (Å²) in [5.74, 6) is 0.0814. The summed E-state index contributed by atoms with van der Waals surface area (Å²) in [5.41, 5.74) is -0.129. The van der Waals surface area contributed by atoms with Gasteiger partial charge in [0.1, 0.15) is 6.61 Å². The van der Waals surface area contributed by atoms with Crippen molar-refractivity contribution < 1.29 is 14.6 Å². The lowest BCUT2D eigenvalue weighted by molar-refractivity contribution is -0.147. The molecule has 2 heterocycles. The van der Waals surface area contributed by atoms with E-state index in [9.17, 15) is 9.90 Å². The summed E-state index contributed by atoms with van der Waals surface area (Å²) >= 11 is 0. The third kappa shape index (κ3) is 3.94. The van der Waals surface area contributed by atoms with Gasteiger partial charge >= 0.3 is 0 Å². The van der Waals surface area contributed by atoms with Crippen molar-refractivity contribution in [2.24, 2.45) is 5.41 Å². The number of ether oxygens (including phenoxy) is 1. The Balaban J connectivity index is 1.65. The van der Waals surface area contributed by atoms with E-state index in [0.717, 1.165) is 38.9 Å². The van der Waals surface area contributed by atoms with Crippen LogP contribution in [0.15, 0.2) is 0 Å². The van der Waals surface area contributed by atoms with E-state index < -0.39 is 0 Å². The molecule has 24 heavy (non-hydrogen) atoms. The van der Waals surface area contributed by atoms with Crippen molar-refractivity contribution in [2.45, 2.75) is 70.4 Å². The quantitative estimate of drug-likeness (QED) is 0.852. The zero-order valence-corrected chi connectivity index (χ0v) is 15.2. The molecule has 0 aromatic rings. The number of nitrogens with zero attached hydrogens (tertiary/aromatic N) is 2. The zero-order valence-electron chi connectivity index (χ0n) is 15.2. The number of hydrogen-bond donors (Lipinski definition) is 1. The smallest absolute Gasteiger partial charge is 0.248 e. The van der Waals surface area contributed by atoms with Crippen LogP contribution in [0, 0.1) is 5.41 Å². The van der Waals surface area contributed by atoms with Gasteiger partial charge in [-0.3, -0.25) is 9.69 Å². The Bertz CT molecular complexity index is 425. The summed E-state index contributed by atoms with van der Waals surface area (Å²) in [6.07, 6.45) is 9.27. The van der Waals surface area contributed by atoms with Crippen LogP contribution in [0.5, 0.6) is 0 Å². The van der Waals surface area contributed by atoms with Crippen molar-refractivity contribution in [2.75, 3.05) is 39.4 Å². The highest BCUT2D eigenvalue weighted by Crippen LogP contribution is 2.40. The number of piperidine rings is 2. The number of rotatable bonds is 4. The maximum Gasteiger partial charge on any atom is 0.248 e. The Morgan fingerprint density at radius 1 is 1.12 bits per heavy atom. The Morgan fingerprint density at radius 2 is 1.92 bits per heavy atom. The summed E-state index contributed by atoms with van der Waals surface area (Å²) in [4.78, 5) is 16.9. The highest BCUT2D eigenvalue weighted by molar-refractivity contribution is 5.77. The molecule has 2 atom stereocenters. The number of aliphatic hydroxyl groups is 1. The topological polar surface area (TPSA) is 53.0 Å². The summed E-state index contributed by atoms with van der Waals surface area (Å²) in [6, 6.07) is 0.692. The molecule has 1 N–H and O–H groups in total. The predicted octanol–water partition coefficient (Wildman–Crippen LogP) is 2.03. The van der Waals surface area contributed by atoms with Gasteiger partial charge in [0, 0.05) is 44.2 Å². The van der Waals surface area contributed by atoms with Crippen molar-refractivity contribution in [3.05, 3.63) is 0 Å². The van der Waals surface area contributed by atoms with Crippen LogP contribution in [-0.4, -0.2) is 72.4 Å². The van der Waals surface area contributed by atoms with E-state index in [0.29, 0.717) is 19.2 Å². The summed E-state index contributed by atoms with van der Waals surface area (Å²) in [7, 11) is 0. The Kier molecular flexibility index (Phi) is 6.17. The molecular formula is C19H34N2O3. The second-order valence-corrected chi connectivity index (χ2v) is 7.99. The first-order valence-electron chi connectivity index (χ1n) is 9.92. The number of amides is 1. The van der Waals surface area contributed by atoms with Crippen molar-refractivity contribution >= 4 is 5.91 Å². The van der Waals surface area contributed by atoms with Gasteiger partial charge in [0.2, 0.25) is 5.91 Å². The fourth-order valence-electron chi connectivity index (χ4n) is 5.00. The molecule has 0 aromatic carbocycles. The third-order valence-corrected chi connectivity index (χ3v) is 6.40. The van der Waals surface area contributed by atoms with Crippen LogP contribution < -0.4 is 0 Å². The number of aliphatic hydroxyl groups excluding tert-OH is 1. The molecule has 5 heteroatoms. The molecule has 1 amide bonds. The van der Waals surface area contributed by atoms with Crippen molar-refractivity contribution in [1.82, 2.24) is 9.80 Å². The van der Waals surface area contributed by atoms with Crippen LogP contribution in [0.2, 0.25) is 0 Å². The SMILES string of the molecule is CCOCC(=O)N1CCC[C@]2(C1)CN(C1CCCCC1)CC[C@H]2O. The largest absolute Gasteiger partial charge is 0.392 e. The minimum Gasteiger partial charge on any atom is -0.392 e. The maximum atomic E-state index is 12.4. The second-order valence-electron chi connectivity index (χ2n) is 7.99. The van der Waals surface area contributed by atoms with Crippen LogP contribution >= 0.6 is 0 Å². The summed E-state index contributed by atoms with van der Waals surface area (Å²) < 4.78 is 5.30. The van der Waals surface area contributed by atoms with Gasteiger partial charge in [-0.1, -0.05) is 19.3 Å². The van der Waals surface area contributed by atoms with Crippen molar-refractivity contribution in [1.29, 1.82) is 0 Å². The number of likely N-dealkylation sites (tertiary alicyclic amines) is 2. The Morgan fingerprint density at radius 3 is 2.67 bits per heavy atom. The number of hydrogen-bond acceptors (Lipinski definition) is 4. The van der Waals surface area contributed by atoms with Gasteiger partial charge in [-0.05, 0) is 39.0 Å². The van der Waals surface area contributed by atoms with Gasteiger partial charge in [0.25, 0.3) is 0 Å². The van der Waals surface area contributed by atoms with E-state index in [1.54, 1.807) is 0 Å². The average molecular weight is 338 g/mol. The lowest BCUT2D eigenvalue weighted by Gasteiger charge is -2.53. The summed E-state index contributed by atoms with van der Waals surface area (Å²) in [6.45, 7) is 6.14. The number of carbonyl (C=O) groups is 1. The van der Waals surface area contributed by atoms with Crippen LogP contribution in [0.3, 0.4) is 0 Å². The summed E-state index contributed by atoms with van der Waals surface area (Å²) in [5, 5.41) is 10.8. The molecule has 2 aliphatic heterocycles. The molecule has 0 bridgehead atoms. The first-order valence-corrected chi connectivity index (χ1v) is 9.92. The molecular weight excluding hydrogens is 304 g/mol. The highest BCUT2D eigenvalue weighted by Gasteiger charge is 2.47. The molecule has 0 aromatic heterocycles. The minimum atomic E-state index is -0.278. The van der Waals surface area contributed by atoms with Gasteiger partial charge in [-0.25, -0.2) is 0 Å². The first-order chi connectivity index (χ1) is 11.6. The molecule has 1 spiro atoms. The van der Waals surface area contributed by atoms with Crippen LogP contribution in [0.25, 0.3) is 0 Å². The standard InChI is InChI=1S/C19H34N2O3/c1-2-24-13-18(23)21-11-6-10-19(15-21)14-20(12-9-17(19)22)16-7-4-3-5-8-16/h16-17,22H,2-15H2,1H3/t17-,19-/m1/s1. The van der Waals surface area contributed by atoms with E-state index in [1.165, 1.54) is 32.1 Å². The second kappa shape index (κ2) is 8.15. The lowest BCUT2D eigenvalue weighted by atomic mass is 9.71. The van der Waals surface area contributed by atoms with Crippen LogP contribution in [0.4, 0.5) is 0 Å². The monoisotopic (exact) mass is 338 g/mol. The van der Waals surface area contributed by atoms with Gasteiger partial charge in [-0.2, -0.15) is 0 Å². The van der Waals surface area contributed by atoms with Gasteiger partial charge in [0.15, 0.2) is 0 Å². The third-order valence-electron chi connectivity index (χ3n) is 6.40. The molecule has 1 aliphatic carbocycles. The Hall–Kier alpha value is -0.650. The van der Waals surface area contributed by atoms with Gasteiger partial charge in [-0.15, -0.1) is 0 Å². The van der Waals surface area contributed by atoms with E-state index in [2.05, 4.69) is 4.90 Å². The maximum absolute atomic E-state index is 12.4. The number of carbonyl (C=O) groups excluding carboxylic acids is 1. The molecule has 5 nitrogen and oxygen atoms in total. The fraction of sp³-hybridized carbons (Fsp3) is 0.947. The zero-order chi connectivity index (χ0) is 17.0. The molecule has 138 valence electrons. The molecule has 3 rings (SSSR count).